The van der Waals surface area contributed by atoms with Crippen LogP contribution < -0.4 is 0 Å². The third-order valence-electron chi connectivity index (χ3n) is 13.0. The quantitative estimate of drug-likeness (QED) is 0.160. The summed E-state index contributed by atoms with van der Waals surface area (Å²) >= 11 is 0. The molecule has 0 saturated carbocycles. The number of benzene rings is 10. The molecule has 3 heterocycles. The van der Waals surface area contributed by atoms with Crippen molar-refractivity contribution in [2.75, 3.05) is 0 Å². The number of hydrogen-bond acceptors (Lipinski definition) is 2. The minimum Gasteiger partial charge on any atom is -0.456 e. The molecule has 0 radical (unpaired) electrons. The number of nitrogens with zero attached hydrogens (tertiary/aromatic N) is 1. The maximum atomic E-state index is 6.28. The van der Waals surface area contributed by atoms with Gasteiger partial charge in [-0.3, -0.25) is 0 Å². The summed E-state index contributed by atoms with van der Waals surface area (Å²) in [6, 6.07) is 82.7. The van der Waals surface area contributed by atoms with Crippen LogP contribution in [-0.2, 0) is 0 Å². The van der Waals surface area contributed by atoms with E-state index in [1.165, 1.54) is 44.3 Å². The van der Waals surface area contributed by atoms with E-state index in [9.17, 15) is 0 Å². The van der Waals surface area contributed by atoms with Crippen molar-refractivity contribution in [1.82, 2.24) is 4.57 Å². The molecule has 3 nitrogen and oxygen atoms in total. The summed E-state index contributed by atoms with van der Waals surface area (Å²) in [6.07, 6.45) is 2.33. The summed E-state index contributed by atoms with van der Waals surface area (Å²) in [4.78, 5) is 0. The molecule has 0 aliphatic carbocycles. The van der Waals surface area contributed by atoms with Crippen molar-refractivity contribution >= 4 is 54.8 Å². The Morgan fingerprint density at radius 3 is 1.17 bits per heavy atom. The van der Waals surface area contributed by atoms with E-state index in [-0.39, 0.29) is 0 Å². The van der Waals surface area contributed by atoms with Gasteiger partial charge in [-0.1, -0.05) is 164 Å². The van der Waals surface area contributed by atoms with Crippen LogP contribution >= 0.6 is 0 Å². The Hall–Kier alpha value is -8.66. The molecule has 0 spiro atoms. The summed E-state index contributed by atoms with van der Waals surface area (Å²) in [6.45, 7) is 0. The molecule has 10 aromatic carbocycles. The van der Waals surface area contributed by atoms with E-state index in [0.717, 1.165) is 82.9 Å². The van der Waals surface area contributed by atoms with Crippen LogP contribution in [0.2, 0.25) is 0 Å². The lowest BCUT2D eigenvalue weighted by atomic mass is 9.96. The van der Waals surface area contributed by atoms with Gasteiger partial charge in [-0.2, -0.15) is 0 Å². The highest BCUT2D eigenvalue weighted by Gasteiger charge is 2.18. The van der Waals surface area contributed by atoms with Gasteiger partial charge in [0.15, 0.2) is 0 Å². The molecule has 0 bridgehead atoms. The van der Waals surface area contributed by atoms with E-state index < -0.39 is 0 Å². The third kappa shape index (κ3) is 6.44. The summed E-state index contributed by atoms with van der Waals surface area (Å²) in [7, 11) is 0. The number of aromatic nitrogens is 1. The Morgan fingerprint density at radius 1 is 0.246 bits per heavy atom. The average molecular weight is 830 g/mol. The second kappa shape index (κ2) is 15.0. The number of hydrogen-bond donors (Lipinski definition) is 0. The Kier molecular flexibility index (Phi) is 8.53. The van der Waals surface area contributed by atoms with E-state index in [2.05, 4.69) is 217 Å². The minimum atomic E-state index is 0.883. The van der Waals surface area contributed by atoms with Crippen LogP contribution in [0.15, 0.2) is 246 Å². The number of furan rings is 2. The first kappa shape index (κ1) is 36.9. The van der Waals surface area contributed by atoms with Gasteiger partial charge in [-0.25, -0.2) is 0 Å². The van der Waals surface area contributed by atoms with Crippen molar-refractivity contribution in [3.05, 3.63) is 237 Å². The molecule has 13 aromatic rings. The molecular formula is C62H39NO2. The highest BCUT2D eigenvalue weighted by atomic mass is 16.3. The smallest absolute Gasteiger partial charge is 0.135 e. The second-order valence-electron chi connectivity index (χ2n) is 16.9. The Morgan fingerprint density at radius 2 is 0.631 bits per heavy atom. The standard InChI is InChI=1S/C62H39NO2/c1-3-11-40(12-4-1)42-19-21-44(22-20-42)46-27-30-58-54(36-46)57(45-25-23-43(24-26-45)41-13-5-2-6-14-41)39-63(58)51-34-49(47-28-31-61-55(37-47)52-15-7-9-17-59(52)64-61)33-50(35-51)48-29-32-62-56(38-48)53-16-8-10-18-60(53)65-62/h1-39H. The van der Waals surface area contributed by atoms with E-state index in [1.54, 1.807) is 0 Å². The fraction of sp³-hybridized carbons (Fsp3) is 0. The molecule has 3 aromatic heterocycles. The van der Waals surface area contributed by atoms with E-state index in [0.29, 0.717) is 0 Å². The number of fused-ring (bicyclic) bond motifs is 7. The third-order valence-corrected chi connectivity index (χ3v) is 13.0. The Bertz CT molecular complexity index is 3780. The highest BCUT2D eigenvalue weighted by Crippen LogP contribution is 2.41. The van der Waals surface area contributed by atoms with Crippen molar-refractivity contribution in [1.29, 1.82) is 0 Å². The van der Waals surface area contributed by atoms with Gasteiger partial charge in [0.25, 0.3) is 0 Å². The van der Waals surface area contributed by atoms with E-state index in [4.69, 9.17) is 8.83 Å². The summed E-state index contributed by atoms with van der Waals surface area (Å²) in [5.74, 6) is 0. The van der Waals surface area contributed by atoms with Crippen molar-refractivity contribution in [2.24, 2.45) is 0 Å². The molecule has 0 N–H and O–H groups in total. The fourth-order valence-corrected chi connectivity index (χ4v) is 9.71. The monoisotopic (exact) mass is 829 g/mol. The molecule has 13 rings (SSSR count). The first-order chi connectivity index (χ1) is 32.2. The zero-order valence-corrected chi connectivity index (χ0v) is 35.3. The molecule has 0 aliphatic heterocycles. The van der Waals surface area contributed by atoms with Crippen LogP contribution in [0.4, 0.5) is 0 Å². The second-order valence-corrected chi connectivity index (χ2v) is 16.9. The first-order valence-corrected chi connectivity index (χ1v) is 22.1. The van der Waals surface area contributed by atoms with Gasteiger partial charge in [-0.05, 0) is 128 Å². The predicted molar refractivity (Wildman–Crippen MR) is 270 cm³/mol. The lowest BCUT2D eigenvalue weighted by Gasteiger charge is -2.13. The van der Waals surface area contributed by atoms with Gasteiger partial charge in [0.1, 0.15) is 22.3 Å². The average Bonchev–Trinajstić information content (AvgIpc) is 4.08. The maximum absolute atomic E-state index is 6.28. The van der Waals surface area contributed by atoms with Crippen LogP contribution in [0.3, 0.4) is 0 Å². The van der Waals surface area contributed by atoms with Crippen LogP contribution in [0.5, 0.6) is 0 Å². The van der Waals surface area contributed by atoms with Crippen molar-refractivity contribution in [3.8, 4) is 72.4 Å². The predicted octanol–water partition coefficient (Wildman–Crippen LogP) is 17.4. The first-order valence-electron chi connectivity index (χ1n) is 22.1. The number of rotatable bonds is 7. The van der Waals surface area contributed by atoms with E-state index in [1.807, 2.05) is 24.3 Å². The summed E-state index contributed by atoms with van der Waals surface area (Å²) in [5.41, 5.74) is 19.7. The van der Waals surface area contributed by atoms with Crippen LogP contribution in [0, 0.1) is 0 Å². The zero-order chi connectivity index (χ0) is 42.8. The largest absolute Gasteiger partial charge is 0.456 e. The Balaban J connectivity index is 1.01. The van der Waals surface area contributed by atoms with Gasteiger partial charge >= 0.3 is 0 Å². The van der Waals surface area contributed by atoms with Crippen LogP contribution in [-0.4, -0.2) is 4.57 Å². The van der Waals surface area contributed by atoms with Crippen LogP contribution in [0.1, 0.15) is 0 Å². The molecule has 0 atom stereocenters. The topological polar surface area (TPSA) is 31.2 Å². The van der Waals surface area contributed by atoms with Crippen LogP contribution in [0.25, 0.3) is 127 Å². The molecule has 0 fully saturated rings. The molecule has 0 saturated heterocycles. The fourth-order valence-electron chi connectivity index (χ4n) is 9.71. The van der Waals surface area contributed by atoms with Gasteiger partial charge in [0, 0.05) is 44.4 Å². The van der Waals surface area contributed by atoms with Crippen molar-refractivity contribution < 1.29 is 8.83 Å². The molecule has 3 heteroatoms. The molecule has 304 valence electrons. The van der Waals surface area contributed by atoms with Gasteiger partial charge in [0.2, 0.25) is 0 Å². The summed E-state index contributed by atoms with van der Waals surface area (Å²) in [5, 5.41) is 5.62. The van der Waals surface area contributed by atoms with Gasteiger partial charge < -0.3 is 13.4 Å². The lowest BCUT2D eigenvalue weighted by Crippen LogP contribution is -1.95. The Labute approximate surface area is 375 Å². The van der Waals surface area contributed by atoms with E-state index >= 15 is 0 Å². The molecule has 0 amide bonds. The molecular weight excluding hydrogens is 791 g/mol. The van der Waals surface area contributed by atoms with Crippen molar-refractivity contribution in [2.45, 2.75) is 0 Å². The van der Waals surface area contributed by atoms with Gasteiger partial charge in [0.05, 0.1) is 5.52 Å². The normalized spacial score (nSPS) is 11.7. The minimum absolute atomic E-state index is 0.883. The molecule has 65 heavy (non-hydrogen) atoms. The summed E-state index contributed by atoms with van der Waals surface area (Å²) < 4.78 is 14.9. The SMILES string of the molecule is c1ccc(-c2ccc(-c3ccc4c(c3)c(-c3ccc(-c5ccccc5)cc3)cn4-c3cc(-c4ccc5oc6ccccc6c5c4)cc(-c4ccc5oc6ccccc6c5c4)c3)cc2)cc1. The zero-order valence-electron chi connectivity index (χ0n) is 35.3. The number of para-hydroxylation sites is 2. The highest BCUT2D eigenvalue weighted by molar-refractivity contribution is 6.08. The van der Waals surface area contributed by atoms with Gasteiger partial charge in [-0.15, -0.1) is 0 Å². The molecule has 0 unspecified atom stereocenters. The van der Waals surface area contributed by atoms with Crippen molar-refractivity contribution in [3.63, 3.8) is 0 Å². The lowest BCUT2D eigenvalue weighted by molar-refractivity contribution is 0.668. The molecule has 0 aliphatic rings. The maximum Gasteiger partial charge on any atom is 0.135 e.